The molecule has 14 heavy (non-hydrogen) atoms. The summed E-state index contributed by atoms with van der Waals surface area (Å²) in [6, 6.07) is 4.21. The lowest BCUT2D eigenvalue weighted by Gasteiger charge is -2.29. The highest BCUT2D eigenvalue weighted by molar-refractivity contribution is 9.10. The van der Waals surface area contributed by atoms with Gasteiger partial charge in [0.2, 0.25) is 0 Å². The molecule has 2 heterocycles. The standard InChI is InChI=1S/C11H15BrN2/c1-14-6-2-3-9(8-14)11-5-4-10(12)7-13-11/h4-5,7,9H,2-3,6,8H2,1H3/t9-/m1/s1. The number of likely N-dealkylation sites (tertiary alicyclic amines) is 1. The third kappa shape index (κ3) is 2.34. The molecule has 0 bridgehead atoms. The molecule has 0 unspecified atom stereocenters. The van der Waals surface area contributed by atoms with Crippen LogP contribution >= 0.6 is 15.9 Å². The monoisotopic (exact) mass is 254 g/mol. The number of hydrogen-bond acceptors (Lipinski definition) is 2. The predicted molar refractivity (Wildman–Crippen MR) is 61.4 cm³/mol. The molecular weight excluding hydrogens is 240 g/mol. The van der Waals surface area contributed by atoms with Crippen LogP contribution in [0.4, 0.5) is 0 Å². The predicted octanol–water partition coefficient (Wildman–Crippen LogP) is 2.65. The molecule has 1 aliphatic heterocycles. The van der Waals surface area contributed by atoms with Gasteiger partial charge in [-0.25, -0.2) is 0 Å². The first-order valence-electron chi connectivity index (χ1n) is 5.05. The Bertz CT molecular complexity index is 297. The first-order valence-corrected chi connectivity index (χ1v) is 5.85. The summed E-state index contributed by atoms with van der Waals surface area (Å²) in [5.74, 6) is 0.627. The zero-order chi connectivity index (χ0) is 9.97. The highest BCUT2D eigenvalue weighted by atomic mass is 79.9. The molecule has 0 aromatic carbocycles. The molecule has 1 aliphatic rings. The van der Waals surface area contributed by atoms with Gasteiger partial charge in [-0.05, 0) is 54.5 Å². The third-order valence-electron chi connectivity index (χ3n) is 2.79. The van der Waals surface area contributed by atoms with Gasteiger partial charge in [0.25, 0.3) is 0 Å². The first-order chi connectivity index (χ1) is 6.75. The molecule has 1 saturated heterocycles. The van der Waals surface area contributed by atoms with Crippen LogP contribution in [0.1, 0.15) is 24.5 Å². The van der Waals surface area contributed by atoms with Gasteiger partial charge in [0.15, 0.2) is 0 Å². The minimum Gasteiger partial charge on any atom is -0.306 e. The van der Waals surface area contributed by atoms with E-state index in [1.165, 1.54) is 25.1 Å². The minimum atomic E-state index is 0.627. The zero-order valence-corrected chi connectivity index (χ0v) is 10.00. The van der Waals surface area contributed by atoms with E-state index in [-0.39, 0.29) is 0 Å². The smallest absolute Gasteiger partial charge is 0.0448 e. The topological polar surface area (TPSA) is 16.1 Å². The summed E-state index contributed by atoms with van der Waals surface area (Å²) in [5.41, 5.74) is 1.24. The number of rotatable bonds is 1. The van der Waals surface area contributed by atoms with Crippen LogP contribution in [0.25, 0.3) is 0 Å². The summed E-state index contributed by atoms with van der Waals surface area (Å²) in [4.78, 5) is 6.85. The number of aromatic nitrogens is 1. The second-order valence-corrected chi connectivity index (χ2v) is 4.92. The zero-order valence-electron chi connectivity index (χ0n) is 8.41. The molecule has 0 aliphatic carbocycles. The Kier molecular flexibility index (Phi) is 3.19. The average molecular weight is 255 g/mol. The average Bonchev–Trinajstić information content (AvgIpc) is 2.19. The van der Waals surface area contributed by atoms with Crippen LogP contribution in [0.3, 0.4) is 0 Å². The van der Waals surface area contributed by atoms with Gasteiger partial charge in [-0.15, -0.1) is 0 Å². The molecule has 3 heteroatoms. The van der Waals surface area contributed by atoms with Crippen molar-refractivity contribution in [2.45, 2.75) is 18.8 Å². The maximum absolute atomic E-state index is 4.46. The Balaban J connectivity index is 2.10. The summed E-state index contributed by atoms with van der Waals surface area (Å²) in [6.45, 7) is 2.38. The van der Waals surface area contributed by atoms with Crippen LogP contribution < -0.4 is 0 Å². The maximum Gasteiger partial charge on any atom is 0.0448 e. The number of hydrogen-bond donors (Lipinski definition) is 0. The number of pyridine rings is 1. The lowest BCUT2D eigenvalue weighted by atomic mass is 9.95. The lowest BCUT2D eigenvalue weighted by molar-refractivity contribution is 0.248. The van der Waals surface area contributed by atoms with Crippen molar-refractivity contribution in [3.8, 4) is 0 Å². The van der Waals surface area contributed by atoms with Gasteiger partial charge in [-0.2, -0.15) is 0 Å². The molecule has 2 nitrogen and oxygen atoms in total. The van der Waals surface area contributed by atoms with E-state index in [1.54, 1.807) is 0 Å². The van der Waals surface area contributed by atoms with Crippen molar-refractivity contribution < 1.29 is 0 Å². The number of piperidine rings is 1. The molecule has 0 radical (unpaired) electrons. The molecule has 0 amide bonds. The van der Waals surface area contributed by atoms with Gasteiger partial charge in [-0.3, -0.25) is 4.98 Å². The van der Waals surface area contributed by atoms with E-state index in [1.807, 2.05) is 6.20 Å². The molecular formula is C11H15BrN2. The largest absolute Gasteiger partial charge is 0.306 e. The molecule has 1 aromatic rings. The summed E-state index contributed by atoms with van der Waals surface area (Å²) in [7, 11) is 2.19. The fourth-order valence-corrected chi connectivity index (χ4v) is 2.27. The Hall–Kier alpha value is -0.410. The van der Waals surface area contributed by atoms with E-state index >= 15 is 0 Å². The summed E-state index contributed by atoms with van der Waals surface area (Å²) < 4.78 is 1.06. The first kappa shape index (κ1) is 10.1. The highest BCUT2D eigenvalue weighted by Gasteiger charge is 2.19. The fraction of sp³-hybridized carbons (Fsp3) is 0.545. The Morgan fingerprint density at radius 2 is 2.36 bits per heavy atom. The van der Waals surface area contributed by atoms with Crippen LogP contribution in [0.15, 0.2) is 22.8 Å². The van der Waals surface area contributed by atoms with Crippen LogP contribution in [0.5, 0.6) is 0 Å². The van der Waals surface area contributed by atoms with Crippen LogP contribution in [0.2, 0.25) is 0 Å². The van der Waals surface area contributed by atoms with Gasteiger partial charge in [0, 0.05) is 28.8 Å². The molecule has 1 atom stereocenters. The third-order valence-corrected chi connectivity index (χ3v) is 3.26. The highest BCUT2D eigenvalue weighted by Crippen LogP contribution is 2.25. The molecule has 76 valence electrons. The second kappa shape index (κ2) is 4.41. The minimum absolute atomic E-state index is 0.627. The van der Waals surface area contributed by atoms with Gasteiger partial charge in [0.05, 0.1) is 0 Å². The summed E-state index contributed by atoms with van der Waals surface area (Å²) >= 11 is 3.41. The van der Waals surface area contributed by atoms with Crippen molar-refractivity contribution >= 4 is 15.9 Å². The van der Waals surface area contributed by atoms with Gasteiger partial charge in [-0.1, -0.05) is 0 Å². The van der Waals surface area contributed by atoms with Crippen LogP contribution in [-0.2, 0) is 0 Å². The van der Waals surface area contributed by atoms with E-state index in [4.69, 9.17) is 0 Å². The maximum atomic E-state index is 4.46. The molecule has 1 fully saturated rings. The van der Waals surface area contributed by atoms with Gasteiger partial charge in [0.1, 0.15) is 0 Å². The lowest BCUT2D eigenvalue weighted by Crippen LogP contribution is -2.31. The van der Waals surface area contributed by atoms with Crippen molar-refractivity contribution in [1.82, 2.24) is 9.88 Å². The van der Waals surface area contributed by atoms with E-state index < -0.39 is 0 Å². The van der Waals surface area contributed by atoms with Crippen molar-refractivity contribution in [3.05, 3.63) is 28.5 Å². The van der Waals surface area contributed by atoms with Crippen LogP contribution in [0, 0.1) is 0 Å². The van der Waals surface area contributed by atoms with Crippen LogP contribution in [-0.4, -0.2) is 30.0 Å². The second-order valence-electron chi connectivity index (χ2n) is 4.00. The fourth-order valence-electron chi connectivity index (χ4n) is 2.04. The van der Waals surface area contributed by atoms with Gasteiger partial charge < -0.3 is 4.90 Å². The van der Waals surface area contributed by atoms with E-state index in [0.717, 1.165) is 11.0 Å². The summed E-state index contributed by atoms with van der Waals surface area (Å²) in [6.07, 6.45) is 4.46. The molecule has 1 aromatic heterocycles. The van der Waals surface area contributed by atoms with Crippen molar-refractivity contribution in [2.75, 3.05) is 20.1 Å². The normalized spacial score (nSPS) is 23.7. The SMILES string of the molecule is CN1CCC[C@@H](c2ccc(Br)cn2)C1. The Morgan fingerprint density at radius 1 is 1.50 bits per heavy atom. The van der Waals surface area contributed by atoms with Crippen molar-refractivity contribution in [1.29, 1.82) is 0 Å². The number of nitrogens with zero attached hydrogens (tertiary/aromatic N) is 2. The Labute approximate surface area is 93.5 Å². The molecule has 2 rings (SSSR count). The Morgan fingerprint density at radius 3 is 3.00 bits per heavy atom. The molecule has 0 spiro atoms. The van der Waals surface area contributed by atoms with Gasteiger partial charge >= 0.3 is 0 Å². The van der Waals surface area contributed by atoms with Crippen molar-refractivity contribution in [2.24, 2.45) is 0 Å². The number of likely N-dealkylation sites (N-methyl/N-ethyl adjacent to an activating group) is 1. The molecule has 0 saturated carbocycles. The van der Waals surface area contributed by atoms with E-state index in [0.29, 0.717) is 5.92 Å². The molecule has 0 N–H and O–H groups in total. The number of halogens is 1. The van der Waals surface area contributed by atoms with E-state index in [9.17, 15) is 0 Å². The quantitative estimate of drug-likeness (QED) is 0.766. The van der Waals surface area contributed by atoms with Crippen molar-refractivity contribution in [3.63, 3.8) is 0 Å². The summed E-state index contributed by atoms with van der Waals surface area (Å²) in [5, 5.41) is 0. The van der Waals surface area contributed by atoms with E-state index in [2.05, 4.69) is 45.0 Å².